The Morgan fingerprint density at radius 2 is 1.95 bits per heavy atom. The number of piperidine rings is 1. The fourth-order valence-electron chi connectivity index (χ4n) is 2.60. The number of hydrogen-bond donors (Lipinski definition) is 0. The highest BCUT2D eigenvalue weighted by molar-refractivity contribution is 5.96. The van der Waals surface area contributed by atoms with Crippen LogP contribution in [-0.4, -0.2) is 30.3 Å². The molecule has 0 radical (unpaired) electrons. The molecule has 104 valence electrons. The second-order valence-corrected chi connectivity index (χ2v) is 6.55. The summed E-state index contributed by atoms with van der Waals surface area (Å²) >= 11 is 0. The first-order valence-corrected chi connectivity index (χ1v) is 7.28. The van der Waals surface area contributed by atoms with Crippen LogP contribution in [0.2, 0.25) is 0 Å². The van der Waals surface area contributed by atoms with E-state index in [1.807, 2.05) is 31.2 Å². The maximum atomic E-state index is 12.1. The topological polar surface area (TPSA) is 20.3 Å². The number of carbonyl (C=O) groups excluding carboxylic acids is 1. The van der Waals surface area contributed by atoms with Gasteiger partial charge in [-0.15, -0.1) is 0 Å². The predicted octanol–water partition coefficient (Wildman–Crippen LogP) is 3.69. The second kappa shape index (κ2) is 5.87. The molecule has 2 heteroatoms. The van der Waals surface area contributed by atoms with Crippen LogP contribution in [0.25, 0.3) is 0 Å². The van der Waals surface area contributed by atoms with Gasteiger partial charge in [-0.3, -0.25) is 4.79 Å². The van der Waals surface area contributed by atoms with Gasteiger partial charge in [-0.05, 0) is 44.3 Å². The van der Waals surface area contributed by atoms with Crippen molar-refractivity contribution in [2.24, 2.45) is 5.41 Å². The van der Waals surface area contributed by atoms with Crippen molar-refractivity contribution in [2.45, 2.75) is 40.0 Å². The van der Waals surface area contributed by atoms with Crippen LogP contribution >= 0.6 is 0 Å². The number of Topliss-reactive ketones (excluding diaryl/α,β-unsaturated/α-hetero) is 1. The summed E-state index contributed by atoms with van der Waals surface area (Å²) in [6.45, 7) is 9.87. The molecule has 0 aliphatic carbocycles. The fraction of sp³-hybridized carbons (Fsp3) is 0.588. The molecule has 1 aromatic rings. The smallest absolute Gasteiger partial charge is 0.164 e. The molecule has 0 saturated carbocycles. The largest absolute Gasteiger partial charge is 0.303 e. The number of nitrogens with zero attached hydrogens (tertiary/aromatic N) is 1. The maximum Gasteiger partial charge on any atom is 0.164 e. The fourth-order valence-corrected chi connectivity index (χ4v) is 2.60. The lowest BCUT2D eigenvalue weighted by molar-refractivity contribution is 0.0926. The van der Waals surface area contributed by atoms with E-state index in [4.69, 9.17) is 0 Å². The Morgan fingerprint density at radius 1 is 1.26 bits per heavy atom. The molecular formula is C17H25NO. The summed E-state index contributed by atoms with van der Waals surface area (Å²) in [5.41, 5.74) is 2.50. The van der Waals surface area contributed by atoms with E-state index in [9.17, 15) is 4.79 Å². The Balaban J connectivity index is 1.81. The van der Waals surface area contributed by atoms with Crippen LogP contribution in [0.3, 0.4) is 0 Å². The second-order valence-electron chi connectivity index (χ2n) is 6.55. The Labute approximate surface area is 116 Å². The zero-order valence-electron chi connectivity index (χ0n) is 12.4. The monoisotopic (exact) mass is 259 g/mol. The van der Waals surface area contributed by atoms with Crippen molar-refractivity contribution in [3.63, 3.8) is 0 Å². The SMILES string of the molecule is Cc1cccc(C(=O)CCN2CCC(C)(C)CC2)c1. The van der Waals surface area contributed by atoms with Gasteiger partial charge in [-0.2, -0.15) is 0 Å². The van der Waals surface area contributed by atoms with Crippen molar-refractivity contribution in [3.8, 4) is 0 Å². The Bertz CT molecular complexity index is 440. The molecule has 0 unspecified atom stereocenters. The summed E-state index contributed by atoms with van der Waals surface area (Å²) in [6, 6.07) is 7.91. The quantitative estimate of drug-likeness (QED) is 0.769. The van der Waals surface area contributed by atoms with E-state index in [-0.39, 0.29) is 5.78 Å². The standard InChI is InChI=1S/C17H25NO/c1-14-5-4-6-15(13-14)16(19)7-10-18-11-8-17(2,3)9-12-18/h4-6,13H,7-12H2,1-3H3. The number of hydrogen-bond acceptors (Lipinski definition) is 2. The normalized spacial score (nSPS) is 19.3. The third-order valence-electron chi connectivity index (χ3n) is 4.20. The highest BCUT2D eigenvalue weighted by Crippen LogP contribution is 2.29. The van der Waals surface area contributed by atoms with Crippen LogP contribution in [0.15, 0.2) is 24.3 Å². The summed E-state index contributed by atoms with van der Waals surface area (Å²) in [4.78, 5) is 14.6. The molecule has 0 atom stereocenters. The molecule has 2 nitrogen and oxygen atoms in total. The highest BCUT2D eigenvalue weighted by atomic mass is 16.1. The third-order valence-corrected chi connectivity index (χ3v) is 4.20. The van der Waals surface area contributed by atoms with Crippen LogP contribution in [0.4, 0.5) is 0 Å². The Kier molecular flexibility index (Phi) is 4.41. The van der Waals surface area contributed by atoms with E-state index in [1.54, 1.807) is 0 Å². The van der Waals surface area contributed by atoms with E-state index in [0.717, 1.165) is 30.8 Å². The van der Waals surface area contributed by atoms with Gasteiger partial charge in [0.25, 0.3) is 0 Å². The van der Waals surface area contributed by atoms with Gasteiger partial charge in [0.15, 0.2) is 5.78 Å². The molecule has 0 amide bonds. The summed E-state index contributed by atoms with van der Waals surface area (Å²) in [6.07, 6.45) is 3.13. The van der Waals surface area contributed by atoms with Crippen LogP contribution in [-0.2, 0) is 0 Å². The average Bonchev–Trinajstić information content (AvgIpc) is 2.37. The molecule has 0 bridgehead atoms. The summed E-state index contributed by atoms with van der Waals surface area (Å²) in [7, 11) is 0. The molecule has 0 aromatic heterocycles. The van der Waals surface area contributed by atoms with Crippen molar-refractivity contribution in [2.75, 3.05) is 19.6 Å². The molecule has 1 aliphatic rings. The summed E-state index contributed by atoms with van der Waals surface area (Å²) in [5.74, 6) is 0.272. The number of benzene rings is 1. The minimum atomic E-state index is 0.272. The highest BCUT2D eigenvalue weighted by Gasteiger charge is 2.25. The van der Waals surface area contributed by atoms with Crippen molar-refractivity contribution in [3.05, 3.63) is 35.4 Å². The van der Waals surface area contributed by atoms with Gasteiger partial charge in [0.2, 0.25) is 0 Å². The van der Waals surface area contributed by atoms with Crippen LogP contribution < -0.4 is 0 Å². The van der Waals surface area contributed by atoms with Gasteiger partial charge in [0.1, 0.15) is 0 Å². The zero-order valence-corrected chi connectivity index (χ0v) is 12.4. The number of ketones is 1. The number of rotatable bonds is 4. The molecule has 1 heterocycles. The van der Waals surface area contributed by atoms with E-state index < -0.39 is 0 Å². The average molecular weight is 259 g/mol. The lowest BCUT2D eigenvalue weighted by Gasteiger charge is -2.36. The first-order valence-electron chi connectivity index (χ1n) is 7.28. The molecule has 0 N–H and O–H groups in total. The molecule has 1 aromatic carbocycles. The maximum absolute atomic E-state index is 12.1. The first-order chi connectivity index (χ1) is 8.96. The predicted molar refractivity (Wildman–Crippen MR) is 79.6 cm³/mol. The number of aryl methyl sites for hydroxylation is 1. The van der Waals surface area contributed by atoms with E-state index in [1.165, 1.54) is 12.8 Å². The van der Waals surface area contributed by atoms with E-state index in [2.05, 4.69) is 18.7 Å². The van der Waals surface area contributed by atoms with Crippen LogP contribution in [0, 0.1) is 12.3 Å². The van der Waals surface area contributed by atoms with Crippen molar-refractivity contribution < 1.29 is 4.79 Å². The first kappa shape index (κ1) is 14.3. The minimum absolute atomic E-state index is 0.272. The molecule has 0 spiro atoms. The Morgan fingerprint density at radius 3 is 2.58 bits per heavy atom. The summed E-state index contributed by atoms with van der Waals surface area (Å²) < 4.78 is 0. The van der Waals surface area contributed by atoms with E-state index >= 15 is 0 Å². The van der Waals surface area contributed by atoms with Gasteiger partial charge in [-0.1, -0.05) is 37.6 Å². The van der Waals surface area contributed by atoms with Crippen molar-refractivity contribution in [1.82, 2.24) is 4.90 Å². The molecule has 1 aliphatic heterocycles. The molecule has 1 fully saturated rings. The van der Waals surface area contributed by atoms with Gasteiger partial charge in [0, 0.05) is 18.5 Å². The van der Waals surface area contributed by atoms with Crippen LogP contribution in [0.5, 0.6) is 0 Å². The van der Waals surface area contributed by atoms with Gasteiger partial charge in [-0.25, -0.2) is 0 Å². The molecule has 1 saturated heterocycles. The zero-order chi connectivity index (χ0) is 13.9. The molecule has 2 rings (SSSR count). The van der Waals surface area contributed by atoms with Gasteiger partial charge < -0.3 is 4.90 Å². The Hall–Kier alpha value is -1.15. The lowest BCUT2D eigenvalue weighted by atomic mass is 9.82. The molecule has 19 heavy (non-hydrogen) atoms. The minimum Gasteiger partial charge on any atom is -0.303 e. The number of carbonyl (C=O) groups is 1. The van der Waals surface area contributed by atoms with Crippen molar-refractivity contribution in [1.29, 1.82) is 0 Å². The third kappa shape index (κ3) is 4.17. The van der Waals surface area contributed by atoms with Crippen LogP contribution in [0.1, 0.15) is 49.0 Å². The lowest BCUT2D eigenvalue weighted by Crippen LogP contribution is -2.38. The van der Waals surface area contributed by atoms with Crippen molar-refractivity contribution >= 4 is 5.78 Å². The number of likely N-dealkylation sites (tertiary alicyclic amines) is 1. The molecular weight excluding hydrogens is 234 g/mol. The van der Waals surface area contributed by atoms with Gasteiger partial charge >= 0.3 is 0 Å². The summed E-state index contributed by atoms with van der Waals surface area (Å²) in [5, 5.41) is 0. The van der Waals surface area contributed by atoms with E-state index in [0.29, 0.717) is 11.8 Å². The van der Waals surface area contributed by atoms with Gasteiger partial charge in [0.05, 0.1) is 0 Å².